The normalized spacial score (nSPS) is 11.0. The molecule has 28 heavy (non-hydrogen) atoms. The van der Waals surface area contributed by atoms with Crippen molar-refractivity contribution in [3.63, 3.8) is 0 Å². The molecular weight excluding hydrogens is 374 g/mol. The molecule has 3 aromatic rings. The number of carbonyl (C=O) groups is 1. The molecule has 0 fully saturated rings. The van der Waals surface area contributed by atoms with Gasteiger partial charge in [0.2, 0.25) is 0 Å². The SMILES string of the molecule is COc1ccc2sc(N(CCCN(C)C)C(=O)c3ccccc3OC)nc2c1. The van der Waals surface area contributed by atoms with E-state index in [1.807, 2.05) is 44.4 Å². The number of aromatic nitrogens is 1. The molecule has 0 N–H and O–H groups in total. The zero-order valence-electron chi connectivity index (χ0n) is 16.6. The summed E-state index contributed by atoms with van der Waals surface area (Å²) < 4.78 is 11.7. The molecule has 0 atom stereocenters. The van der Waals surface area contributed by atoms with Crippen molar-refractivity contribution in [2.75, 3.05) is 46.3 Å². The van der Waals surface area contributed by atoms with Crippen LogP contribution >= 0.6 is 11.3 Å². The van der Waals surface area contributed by atoms with Crippen molar-refractivity contribution >= 4 is 32.6 Å². The Morgan fingerprint density at radius 1 is 1.07 bits per heavy atom. The van der Waals surface area contributed by atoms with Crippen molar-refractivity contribution in [2.24, 2.45) is 0 Å². The van der Waals surface area contributed by atoms with Crippen LogP contribution in [0.4, 0.5) is 5.13 Å². The van der Waals surface area contributed by atoms with Crippen molar-refractivity contribution in [3.05, 3.63) is 48.0 Å². The zero-order valence-corrected chi connectivity index (χ0v) is 17.5. The van der Waals surface area contributed by atoms with Gasteiger partial charge in [-0.3, -0.25) is 9.69 Å². The quantitative estimate of drug-likeness (QED) is 0.575. The minimum Gasteiger partial charge on any atom is -0.497 e. The number of rotatable bonds is 8. The Balaban J connectivity index is 1.97. The first kappa shape index (κ1) is 20.1. The molecule has 1 aromatic heterocycles. The van der Waals surface area contributed by atoms with E-state index in [-0.39, 0.29) is 5.91 Å². The molecule has 1 amide bonds. The Labute approximate surface area is 169 Å². The fraction of sp³-hybridized carbons (Fsp3) is 0.333. The largest absolute Gasteiger partial charge is 0.497 e. The van der Waals surface area contributed by atoms with Gasteiger partial charge in [0.25, 0.3) is 5.91 Å². The highest BCUT2D eigenvalue weighted by Crippen LogP contribution is 2.33. The van der Waals surface area contributed by atoms with Crippen LogP contribution < -0.4 is 14.4 Å². The number of ether oxygens (including phenoxy) is 2. The van der Waals surface area contributed by atoms with Gasteiger partial charge in [-0.15, -0.1) is 0 Å². The summed E-state index contributed by atoms with van der Waals surface area (Å²) in [6.07, 6.45) is 0.840. The van der Waals surface area contributed by atoms with Gasteiger partial charge < -0.3 is 14.4 Å². The summed E-state index contributed by atoms with van der Waals surface area (Å²) in [7, 11) is 7.26. The molecule has 2 aromatic carbocycles. The third-order valence-electron chi connectivity index (χ3n) is 4.38. The lowest BCUT2D eigenvalue weighted by atomic mass is 10.1. The number of benzene rings is 2. The van der Waals surface area contributed by atoms with Crippen LogP contribution in [0.5, 0.6) is 11.5 Å². The number of amides is 1. The van der Waals surface area contributed by atoms with Gasteiger partial charge in [0.15, 0.2) is 5.13 Å². The molecule has 0 radical (unpaired) electrons. The van der Waals surface area contributed by atoms with Crippen molar-refractivity contribution in [3.8, 4) is 11.5 Å². The number of nitrogens with zero attached hydrogens (tertiary/aromatic N) is 3. The molecule has 1 heterocycles. The summed E-state index contributed by atoms with van der Waals surface area (Å²) in [6, 6.07) is 13.1. The Morgan fingerprint density at radius 2 is 1.86 bits per heavy atom. The lowest BCUT2D eigenvalue weighted by Crippen LogP contribution is -2.33. The molecule has 0 saturated heterocycles. The maximum atomic E-state index is 13.4. The third-order valence-corrected chi connectivity index (χ3v) is 5.44. The lowest BCUT2D eigenvalue weighted by Gasteiger charge is -2.22. The monoisotopic (exact) mass is 399 g/mol. The minimum absolute atomic E-state index is 0.109. The average molecular weight is 400 g/mol. The number of carbonyl (C=O) groups excluding carboxylic acids is 1. The maximum Gasteiger partial charge on any atom is 0.263 e. The Morgan fingerprint density at radius 3 is 2.57 bits per heavy atom. The van der Waals surface area contributed by atoms with Gasteiger partial charge in [0.05, 0.1) is 30.0 Å². The molecule has 0 bridgehead atoms. The summed E-state index contributed by atoms with van der Waals surface area (Å²) in [4.78, 5) is 21.9. The van der Waals surface area contributed by atoms with Crippen molar-refractivity contribution in [2.45, 2.75) is 6.42 Å². The summed E-state index contributed by atoms with van der Waals surface area (Å²) in [5.74, 6) is 1.20. The molecule has 0 spiro atoms. The summed E-state index contributed by atoms with van der Waals surface area (Å²) in [6.45, 7) is 1.46. The molecular formula is C21H25N3O3S. The molecule has 0 aliphatic carbocycles. The van der Waals surface area contributed by atoms with E-state index in [1.165, 1.54) is 11.3 Å². The second kappa shape index (κ2) is 9.03. The smallest absolute Gasteiger partial charge is 0.263 e. The van der Waals surface area contributed by atoms with E-state index in [4.69, 9.17) is 14.5 Å². The minimum atomic E-state index is -0.109. The van der Waals surface area contributed by atoms with E-state index in [0.29, 0.717) is 23.0 Å². The molecule has 6 nitrogen and oxygen atoms in total. The molecule has 0 saturated carbocycles. The zero-order chi connectivity index (χ0) is 20.1. The van der Waals surface area contributed by atoms with Crippen LogP contribution in [0.3, 0.4) is 0 Å². The molecule has 148 valence electrons. The number of thiazole rings is 1. The molecule has 0 unspecified atom stereocenters. The molecule has 3 rings (SSSR count). The van der Waals surface area contributed by atoms with Crippen LogP contribution in [0.1, 0.15) is 16.8 Å². The van der Waals surface area contributed by atoms with Gasteiger partial charge in [0, 0.05) is 12.6 Å². The van der Waals surface area contributed by atoms with Crippen LogP contribution in [-0.2, 0) is 0 Å². The van der Waals surface area contributed by atoms with Crippen LogP contribution in [0.15, 0.2) is 42.5 Å². The maximum absolute atomic E-state index is 13.4. The Kier molecular flexibility index (Phi) is 6.49. The first-order valence-electron chi connectivity index (χ1n) is 9.07. The number of fused-ring (bicyclic) bond motifs is 1. The predicted molar refractivity (Wildman–Crippen MR) is 114 cm³/mol. The van der Waals surface area contributed by atoms with E-state index in [2.05, 4.69) is 4.90 Å². The number of methoxy groups -OCH3 is 2. The Bertz CT molecular complexity index is 955. The average Bonchev–Trinajstić information content (AvgIpc) is 3.13. The van der Waals surface area contributed by atoms with Crippen LogP contribution in [0.25, 0.3) is 10.2 Å². The summed E-state index contributed by atoms with van der Waals surface area (Å²) >= 11 is 1.50. The molecule has 0 aliphatic heterocycles. The van der Waals surface area contributed by atoms with E-state index in [9.17, 15) is 4.79 Å². The van der Waals surface area contributed by atoms with E-state index in [0.717, 1.165) is 28.9 Å². The van der Waals surface area contributed by atoms with E-state index < -0.39 is 0 Å². The first-order chi connectivity index (χ1) is 13.5. The van der Waals surface area contributed by atoms with Gasteiger partial charge in [-0.2, -0.15) is 0 Å². The van der Waals surface area contributed by atoms with Crippen molar-refractivity contribution < 1.29 is 14.3 Å². The van der Waals surface area contributed by atoms with Gasteiger partial charge in [-0.05, 0) is 51.3 Å². The number of hydrogen-bond donors (Lipinski definition) is 0. The number of para-hydroxylation sites is 1. The van der Waals surface area contributed by atoms with Crippen LogP contribution in [0, 0.1) is 0 Å². The third kappa shape index (κ3) is 4.43. The number of hydrogen-bond acceptors (Lipinski definition) is 6. The Hall–Kier alpha value is -2.64. The van der Waals surface area contributed by atoms with Crippen molar-refractivity contribution in [1.82, 2.24) is 9.88 Å². The van der Waals surface area contributed by atoms with Gasteiger partial charge in [-0.1, -0.05) is 23.5 Å². The van der Waals surface area contributed by atoms with Crippen molar-refractivity contribution in [1.29, 1.82) is 0 Å². The highest BCUT2D eigenvalue weighted by Gasteiger charge is 2.23. The van der Waals surface area contributed by atoms with Crippen LogP contribution in [0.2, 0.25) is 0 Å². The molecule has 0 aliphatic rings. The van der Waals surface area contributed by atoms with E-state index in [1.54, 1.807) is 31.3 Å². The lowest BCUT2D eigenvalue weighted by molar-refractivity contribution is 0.0983. The second-order valence-electron chi connectivity index (χ2n) is 6.64. The number of anilines is 1. The second-order valence-corrected chi connectivity index (χ2v) is 7.65. The summed E-state index contributed by atoms with van der Waals surface area (Å²) in [5, 5.41) is 0.679. The van der Waals surface area contributed by atoms with Gasteiger partial charge in [-0.25, -0.2) is 4.98 Å². The summed E-state index contributed by atoms with van der Waals surface area (Å²) in [5.41, 5.74) is 1.36. The fourth-order valence-electron chi connectivity index (χ4n) is 2.93. The standard InChI is InChI=1S/C21H25N3O3S/c1-23(2)12-7-13-24(20(25)16-8-5-6-9-18(16)27-4)21-22-17-14-15(26-3)10-11-19(17)28-21/h5-6,8-11,14H,7,12-13H2,1-4H3. The van der Waals surface area contributed by atoms with Gasteiger partial charge in [0.1, 0.15) is 11.5 Å². The molecule has 7 heteroatoms. The highest BCUT2D eigenvalue weighted by atomic mass is 32.1. The highest BCUT2D eigenvalue weighted by molar-refractivity contribution is 7.22. The van der Waals surface area contributed by atoms with Gasteiger partial charge >= 0.3 is 0 Å². The van der Waals surface area contributed by atoms with Crippen LogP contribution in [-0.4, -0.2) is 57.2 Å². The topological polar surface area (TPSA) is 54.9 Å². The first-order valence-corrected chi connectivity index (χ1v) is 9.89. The predicted octanol–water partition coefficient (Wildman–Crippen LogP) is 3.91. The van der Waals surface area contributed by atoms with E-state index >= 15 is 0 Å². The fourth-order valence-corrected chi connectivity index (χ4v) is 3.90.